The Morgan fingerprint density at radius 2 is 1.10 bits per heavy atom. The quantitative estimate of drug-likeness (QED) is 0.192. The van der Waals surface area contributed by atoms with E-state index in [-0.39, 0.29) is 47.1 Å². The molecule has 49 heavy (non-hydrogen) atoms. The third-order valence-electron chi connectivity index (χ3n) is 9.35. The number of furan rings is 1. The zero-order chi connectivity index (χ0) is 42.0. The van der Waals surface area contributed by atoms with Gasteiger partial charge in [-0.1, -0.05) is 128 Å². The molecule has 0 bridgehead atoms. The molecule has 4 heteroatoms. The maximum Gasteiger partial charge on any atom is 0.164 e. The van der Waals surface area contributed by atoms with E-state index in [0.717, 1.165) is 21.9 Å². The first-order valence-electron chi connectivity index (χ1n) is 21.8. The van der Waals surface area contributed by atoms with E-state index in [1.165, 1.54) is 0 Å². The molecule has 2 aromatic heterocycles. The molecule has 2 aliphatic carbocycles. The van der Waals surface area contributed by atoms with Crippen molar-refractivity contribution in [3.63, 3.8) is 0 Å². The fourth-order valence-electron chi connectivity index (χ4n) is 6.99. The zero-order valence-electron chi connectivity index (χ0n) is 37.1. The van der Waals surface area contributed by atoms with Crippen molar-refractivity contribution in [3.8, 4) is 56.4 Å². The monoisotopic (exact) mass is 642 g/mol. The van der Waals surface area contributed by atoms with Gasteiger partial charge in [0.1, 0.15) is 11.2 Å². The lowest BCUT2D eigenvalue weighted by molar-refractivity contribution is 0.353. The van der Waals surface area contributed by atoms with Crippen LogP contribution in [0.3, 0.4) is 0 Å². The van der Waals surface area contributed by atoms with Gasteiger partial charge in [0.2, 0.25) is 0 Å². The molecule has 0 radical (unpaired) electrons. The molecule has 1 spiro atoms. The Morgan fingerprint density at radius 1 is 0.531 bits per heavy atom. The molecule has 234 valence electrons. The van der Waals surface area contributed by atoms with Gasteiger partial charge in [-0.15, -0.1) is 0 Å². The Morgan fingerprint density at radius 3 is 1.78 bits per heavy atom. The SMILES string of the molecule is [2H]c1c([2H])c([2H])c2c(c1[2H])-c1c([2H])c([2H])c(-c3ccc4c(c3)oc3cc(-c5nc(-c6ccccc6)nc(-c6ccccc6)n5)ccc34)c([2H])c1C21C([2H])([2H])CCCC1([2H])[2H]. The molecule has 10 rings (SSSR count). The second-order valence-corrected chi connectivity index (χ2v) is 12.3. The van der Waals surface area contributed by atoms with Crippen LogP contribution in [0.4, 0.5) is 0 Å². The molecule has 2 heterocycles. The minimum Gasteiger partial charge on any atom is -0.456 e. The van der Waals surface area contributed by atoms with E-state index in [4.69, 9.17) is 24.9 Å². The van der Waals surface area contributed by atoms with E-state index in [9.17, 15) is 9.60 Å². The van der Waals surface area contributed by atoms with Crippen molar-refractivity contribution in [2.75, 3.05) is 0 Å². The molecule has 0 amide bonds. The molecule has 8 aromatic rings. The molecule has 0 unspecified atom stereocenters. The predicted molar refractivity (Wildman–Crippen MR) is 198 cm³/mol. The average molecular weight is 643 g/mol. The molecule has 0 N–H and O–H groups in total. The summed E-state index contributed by atoms with van der Waals surface area (Å²) in [6.07, 6.45) is -4.98. The molecule has 0 saturated heterocycles. The third-order valence-corrected chi connectivity index (χ3v) is 9.35. The molecule has 0 atom stereocenters. The third kappa shape index (κ3) is 4.55. The van der Waals surface area contributed by atoms with E-state index < -0.39 is 60.5 Å². The zero-order valence-corrected chi connectivity index (χ0v) is 26.1. The number of rotatable bonds is 4. The highest BCUT2D eigenvalue weighted by Crippen LogP contribution is 2.56. The molecule has 2 aliphatic rings. The van der Waals surface area contributed by atoms with Gasteiger partial charge in [-0.3, -0.25) is 0 Å². The maximum absolute atomic E-state index is 9.74. The summed E-state index contributed by atoms with van der Waals surface area (Å²) in [7, 11) is 0. The van der Waals surface area contributed by atoms with Crippen LogP contribution in [0.15, 0.2) is 144 Å². The van der Waals surface area contributed by atoms with Crippen molar-refractivity contribution in [1.82, 2.24) is 15.0 Å². The minimum atomic E-state index is -2.43. The van der Waals surface area contributed by atoms with Gasteiger partial charge in [-0.05, 0) is 76.4 Å². The van der Waals surface area contributed by atoms with E-state index in [1.54, 1.807) is 18.2 Å². The van der Waals surface area contributed by atoms with E-state index in [2.05, 4.69) is 0 Å². The summed E-state index contributed by atoms with van der Waals surface area (Å²) >= 11 is 0. The van der Waals surface area contributed by atoms with Crippen LogP contribution in [0, 0.1) is 0 Å². The Balaban J connectivity index is 1.16. The molecule has 6 aromatic carbocycles. The standard InChI is InChI=1S/C45H33N3O/c1-4-12-29(13-5-1)42-46-43(30-14-6-2-7-15-30)48-44(47-42)33-20-23-37-36-22-19-32(27-40(36)49-41(37)28-33)31-18-21-35-34-16-8-9-17-38(34)45(39(35)26-31)24-10-3-11-25-45/h1-2,4-9,12-23,26-28H,3,10-11,24-25H2/i8D,9D,16D,17D,18D,21D,24D2,25D2,26D. The van der Waals surface area contributed by atoms with Gasteiger partial charge in [0.05, 0.1) is 9.60 Å². The van der Waals surface area contributed by atoms with Crippen molar-refractivity contribution >= 4 is 21.9 Å². The summed E-state index contributed by atoms with van der Waals surface area (Å²) in [4.78, 5) is 14.5. The summed E-state index contributed by atoms with van der Waals surface area (Å²) in [6, 6.07) is 26.2. The first-order valence-corrected chi connectivity index (χ1v) is 16.3. The van der Waals surface area contributed by atoms with E-state index in [0.29, 0.717) is 39.8 Å². The maximum atomic E-state index is 9.74. The topological polar surface area (TPSA) is 51.8 Å². The number of fused-ring (bicyclic) bond motifs is 8. The predicted octanol–water partition coefficient (Wildman–Crippen LogP) is 11.7. The summed E-state index contributed by atoms with van der Waals surface area (Å²) in [5.41, 5.74) is 0.149. The second kappa shape index (κ2) is 11.1. The van der Waals surface area contributed by atoms with Crippen LogP contribution < -0.4 is 0 Å². The van der Waals surface area contributed by atoms with Crippen LogP contribution in [-0.4, -0.2) is 15.0 Å². The Hall–Kier alpha value is -5.87. The van der Waals surface area contributed by atoms with Gasteiger partial charge in [-0.25, -0.2) is 15.0 Å². The summed E-state index contributed by atoms with van der Waals surface area (Å²) in [5, 5.41) is 1.50. The number of nitrogens with zero attached hydrogens (tertiary/aromatic N) is 3. The van der Waals surface area contributed by atoms with Crippen molar-refractivity contribution < 1.29 is 19.5 Å². The highest BCUT2D eigenvalue weighted by atomic mass is 16.3. The minimum absolute atomic E-state index is 0.0616. The average Bonchev–Trinajstić information content (AvgIpc) is 3.79. The van der Waals surface area contributed by atoms with Gasteiger partial charge in [0, 0.05) is 38.4 Å². The fraction of sp³-hybridized carbons (Fsp3) is 0.133. The molecular formula is C45H33N3O. The number of aromatic nitrogens is 3. The van der Waals surface area contributed by atoms with Gasteiger partial charge < -0.3 is 4.42 Å². The van der Waals surface area contributed by atoms with Crippen molar-refractivity contribution in [3.05, 3.63) is 150 Å². The molecule has 1 fully saturated rings. The molecule has 4 nitrogen and oxygen atoms in total. The lowest BCUT2D eigenvalue weighted by atomic mass is 9.67. The molecule has 0 aliphatic heterocycles. The van der Waals surface area contributed by atoms with Gasteiger partial charge in [-0.2, -0.15) is 0 Å². The highest BCUT2D eigenvalue weighted by Gasteiger charge is 2.43. The Kier molecular flexibility index (Phi) is 4.35. The fourth-order valence-corrected chi connectivity index (χ4v) is 6.99. The normalized spacial score (nSPS) is 20.0. The van der Waals surface area contributed by atoms with Crippen LogP contribution in [0.1, 0.15) is 58.2 Å². The summed E-state index contributed by atoms with van der Waals surface area (Å²) in [5.74, 6) is 1.45. The van der Waals surface area contributed by atoms with Crippen molar-refractivity contribution in [2.45, 2.75) is 37.4 Å². The van der Waals surface area contributed by atoms with Gasteiger partial charge >= 0.3 is 0 Å². The highest BCUT2D eigenvalue weighted by molar-refractivity contribution is 6.07. The molecular weight excluding hydrogens is 599 g/mol. The van der Waals surface area contributed by atoms with Crippen molar-refractivity contribution in [2.24, 2.45) is 0 Å². The van der Waals surface area contributed by atoms with Gasteiger partial charge in [0.25, 0.3) is 0 Å². The van der Waals surface area contributed by atoms with Gasteiger partial charge in [0.15, 0.2) is 17.5 Å². The lowest BCUT2D eigenvalue weighted by Crippen LogP contribution is -2.28. The Bertz CT molecular complexity index is 3040. The van der Waals surface area contributed by atoms with E-state index in [1.807, 2.05) is 78.9 Å². The summed E-state index contributed by atoms with van der Waals surface area (Å²) in [6.45, 7) is 0. The van der Waals surface area contributed by atoms with E-state index >= 15 is 0 Å². The second-order valence-electron chi connectivity index (χ2n) is 12.3. The number of hydrogen-bond acceptors (Lipinski definition) is 4. The largest absolute Gasteiger partial charge is 0.456 e. The van der Waals surface area contributed by atoms with Crippen molar-refractivity contribution in [1.29, 1.82) is 0 Å². The van der Waals surface area contributed by atoms with Crippen LogP contribution >= 0.6 is 0 Å². The number of benzene rings is 6. The van der Waals surface area contributed by atoms with Crippen LogP contribution in [0.25, 0.3) is 78.4 Å². The van der Waals surface area contributed by atoms with Crippen LogP contribution in [0.2, 0.25) is 0 Å². The summed E-state index contributed by atoms with van der Waals surface area (Å²) < 4.78 is 107. The first-order chi connectivity index (χ1) is 28.7. The smallest absolute Gasteiger partial charge is 0.164 e. The Labute approximate surface area is 300 Å². The number of hydrogen-bond donors (Lipinski definition) is 0. The lowest BCUT2D eigenvalue weighted by Gasteiger charge is -2.36. The first kappa shape index (κ1) is 19.2. The van der Waals surface area contributed by atoms with Crippen LogP contribution in [-0.2, 0) is 5.41 Å². The molecule has 1 saturated carbocycles. The van der Waals surface area contributed by atoms with Crippen LogP contribution in [0.5, 0.6) is 0 Å².